The fraction of sp³-hybridized carbons (Fsp3) is 0.222. The minimum Gasteiger partial charge on any atom is -0.493 e. The number of hydrogen-bond donors (Lipinski definition) is 1. The Morgan fingerprint density at radius 3 is 2.46 bits per heavy atom. The van der Waals surface area contributed by atoms with Gasteiger partial charge in [-0.3, -0.25) is 14.9 Å². The molecule has 0 heterocycles. The zero-order valence-corrected chi connectivity index (χ0v) is 16.0. The first-order valence-corrected chi connectivity index (χ1v) is 8.33. The third-order valence-corrected chi connectivity index (χ3v) is 3.96. The molecule has 0 saturated heterocycles. The van der Waals surface area contributed by atoms with Crippen LogP contribution < -0.4 is 14.8 Å². The van der Waals surface area contributed by atoms with Crippen molar-refractivity contribution in [3.05, 3.63) is 57.1 Å². The Kier molecular flexibility index (Phi) is 6.78. The molecule has 0 aliphatic rings. The van der Waals surface area contributed by atoms with Crippen LogP contribution in [-0.4, -0.2) is 37.1 Å². The van der Waals surface area contributed by atoms with Crippen molar-refractivity contribution in [3.8, 4) is 11.5 Å². The molecule has 2 aromatic rings. The molecule has 1 N–H and O–H groups in total. The van der Waals surface area contributed by atoms with E-state index in [1.54, 1.807) is 0 Å². The van der Waals surface area contributed by atoms with Crippen molar-refractivity contribution in [1.82, 2.24) is 0 Å². The Labute approximate surface area is 165 Å². The van der Waals surface area contributed by atoms with E-state index in [1.165, 1.54) is 57.5 Å². The summed E-state index contributed by atoms with van der Waals surface area (Å²) in [4.78, 5) is 35.0. The average molecular weight is 409 g/mol. The Hall–Kier alpha value is -3.33. The van der Waals surface area contributed by atoms with E-state index < -0.39 is 22.9 Å². The van der Waals surface area contributed by atoms with E-state index in [9.17, 15) is 19.7 Å². The highest BCUT2D eigenvalue weighted by Crippen LogP contribution is 2.36. The van der Waals surface area contributed by atoms with Crippen LogP contribution in [0.2, 0.25) is 5.02 Å². The number of hydrogen-bond acceptors (Lipinski definition) is 7. The number of halogens is 1. The molecule has 1 amide bonds. The molecule has 2 rings (SSSR count). The van der Waals surface area contributed by atoms with Crippen LogP contribution in [0, 0.1) is 10.1 Å². The van der Waals surface area contributed by atoms with E-state index in [1.807, 2.05) is 0 Å². The first-order valence-electron chi connectivity index (χ1n) is 7.95. The van der Waals surface area contributed by atoms with Gasteiger partial charge in [-0.2, -0.15) is 0 Å². The van der Waals surface area contributed by atoms with Crippen LogP contribution in [0.5, 0.6) is 11.5 Å². The molecule has 10 heteroatoms. The lowest BCUT2D eigenvalue weighted by atomic mass is 10.2. The highest BCUT2D eigenvalue weighted by atomic mass is 35.5. The van der Waals surface area contributed by atoms with Gasteiger partial charge in [0.25, 0.3) is 11.6 Å². The molecule has 2 aromatic carbocycles. The molecule has 148 valence electrons. The fourth-order valence-electron chi connectivity index (χ4n) is 2.29. The van der Waals surface area contributed by atoms with Crippen LogP contribution in [0.1, 0.15) is 17.3 Å². The molecule has 28 heavy (non-hydrogen) atoms. The van der Waals surface area contributed by atoms with Gasteiger partial charge in [0.2, 0.25) is 0 Å². The maximum absolute atomic E-state index is 12.3. The molecule has 0 fully saturated rings. The molecule has 9 nitrogen and oxygen atoms in total. The summed E-state index contributed by atoms with van der Waals surface area (Å²) in [5.74, 6) is -1.08. The number of rotatable bonds is 7. The molecule has 0 unspecified atom stereocenters. The molecular weight excluding hydrogens is 392 g/mol. The number of esters is 1. The van der Waals surface area contributed by atoms with Gasteiger partial charge < -0.3 is 19.5 Å². The van der Waals surface area contributed by atoms with Gasteiger partial charge in [0, 0.05) is 6.07 Å². The fourth-order valence-corrected chi connectivity index (χ4v) is 2.58. The molecule has 0 aromatic heterocycles. The van der Waals surface area contributed by atoms with E-state index in [0.29, 0.717) is 0 Å². The first kappa shape index (κ1) is 21.0. The molecule has 0 spiro atoms. The molecule has 0 radical (unpaired) electrons. The van der Waals surface area contributed by atoms with Crippen molar-refractivity contribution in [2.45, 2.75) is 13.0 Å². The van der Waals surface area contributed by atoms with Gasteiger partial charge in [-0.15, -0.1) is 0 Å². The summed E-state index contributed by atoms with van der Waals surface area (Å²) in [5, 5.41) is 13.5. The van der Waals surface area contributed by atoms with Gasteiger partial charge in [0.05, 0.1) is 29.7 Å². The summed E-state index contributed by atoms with van der Waals surface area (Å²) in [5.41, 5.74) is -0.233. The number of anilines is 1. The lowest BCUT2D eigenvalue weighted by molar-refractivity contribution is -0.383. The third kappa shape index (κ3) is 4.68. The van der Waals surface area contributed by atoms with Gasteiger partial charge >= 0.3 is 5.97 Å². The summed E-state index contributed by atoms with van der Waals surface area (Å²) in [6.45, 7) is 1.34. The summed E-state index contributed by atoms with van der Waals surface area (Å²) in [6.07, 6.45) is -1.22. The number of carbonyl (C=O) groups excluding carboxylic acids is 2. The second-order valence-corrected chi connectivity index (χ2v) is 5.91. The third-order valence-electron chi connectivity index (χ3n) is 3.68. The van der Waals surface area contributed by atoms with Gasteiger partial charge in [-0.1, -0.05) is 23.7 Å². The number of methoxy groups -OCH3 is 2. The maximum Gasteiger partial charge on any atom is 0.339 e. The number of benzene rings is 2. The summed E-state index contributed by atoms with van der Waals surface area (Å²) < 4.78 is 15.3. The molecular formula is C18H17ClN2O7. The van der Waals surface area contributed by atoms with E-state index in [2.05, 4.69) is 5.32 Å². The molecule has 1 atom stereocenters. The van der Waals surface area contributed by atoms with Crippen molar-refractivity contribution >= 4 is 34.9 Å². The quantitative estimate of drug-likeness (QED) is 0.423. The van der Waals surface area contributed by atoms with Crippen LogP contribution in [-0.2, 0) is 9.53 Å². The van der Waals surface area contributed by atoms with Crippen molar-refractivity contribution in [2.75, 3.05) is 19.5 Å². The van der Waals surface area contributed by atoms with E-state index in [0.717, 1.165) is 0 Å². The zero-order valence-electron chi connectivity index (χ0n) is 15.2. The van der Waals surface area contributed by atoms with Crippen molar-refractivity contribution in [3.63, 3.8) is 0 Å². The second kappa shape index (κ2) is 9.05. The second-order valence-electron chi connectivity index (χ2n) is 5.50. The summed E-state index contributed by atoms with van der Waals surface area (Å²) in [7, 11) is 2.78. The minimum atomic E-state index is -1.22. The number of carbonyl (C=O) groups is 2. The molecule has 0 aliphatic carbocycles. The number of ether oxygens (including phenoxy) is 3. The lowest BCUT2D eigenvalue weighted by Gasteiger charge is -2.15. The zero-order chi connectivity index (χ0) is 20.8. The number of para-hydroxylation sites is 2. The standard InChI is InChI=1S/C18H17ClN2O7/c1-10(17(22)20-13-6-4-5-7-14(13)21(24)25)28-18(23)11-8-12(19)16(27-3)15(9-11)26-2/h4-10H,1-3H3,(H,20,22)/t10-/m1/s1. The van der Waals surface area contributed by atoms with Gasteiger partial charge in [0.15, 0.2) is 17.6 Å². The first-order chi connectivity index (χ1) is 13.3. The molecule has 0 saturated carbocycles. The van der Waals surface area contributed by atoms with E-state index in [-0.39, 0.29) is 33.5 Å². The number of nitro benzene ring substituents is 1. The highest BCUT2D eigenvalue weighted by Gasteiger charge is 2.23. The van der Waals surface area contributed by atoms with Crippen molar-refractivity contribution in [2.24, 2.45) is 0 Å². The Morgan fingerprint density at radius 2 is 1.86 bits per heavy atom. The Bertz CT molecular complexity index is 917. The van der Waals surface area contributed by atoms with E-state index >= 15 is 0 Å². The minimum absolute atomic E-state index is 0.00504. The van der Waals surface area contributed by atoms with Gasteiger partial charge in [-0.05, 0) is 25.1 Å². The summed E-state index contributed by atoms with van der Waals surface area (Å²) in [6, 6.07) is 8.30. The largest absolute Gasteiger partial charge is 0.493 e. The average Bonchev–Trinajstić information content (AvgIpc) is 2.67. The number of nitrogens with one attached hydrogen (secondary N) is 1. The predicted octanol–water partition coefficient (Wildman–Crippen LogP) is 3.45. The van der Waals surface area contributed by atoms with Crippen molar-refractivity contribution < 1.29 is 28.7 Å². The Balaban J connectivity index is 2.13. The normalized spacial score (nSPS) is 11.3. The lowest BCUT2D eigenvalue weighted by Crippen LogP contribution is -2.30. The van der Waals surface area contributed by atoms with Crippen molar-refractivity contribution in [1.29, 1.82) is 0 Å². The van der Waals surface area contributed by atoms with Gasteiger partial charge in [0.1, 0.15) is 5.69 Å². The monoisotopic (exact) mass is 408 g/mol. The number of amides is 1. The number of nitrogens with zero attached hydrogens (tertiary/aromatic N) is 1. The van der Waals surface area contributed by atoms with Crippen LogP contribution in [0.4, 0.5) is 11.4 Å². The van der Waals surface area contributed by atoms with Crippen LogP contribution in [0.15, 0.2) is 36.4 Å². The van der Waals surface area contributed by atoms with Crippen LogP contribution in [0.3, 0.4) is 0 Å². The highest BCUT2D eigenvalue weighted by molar-refractivity contribution is 6.32. The summed E-state index contributed by atoms with van der Waals surface area (Å²) >= 11 is 6.06. The topological polar surface area (TPSA) is 117 Å². The molecule has 0 aliphatic heterocycles. The maximum atomic E-state index is 12.3. The number of nitro groups is 1. The van der Waals surface area contributed by atoms with Gasteiger partial charge in [-0.25, -0.2) is 4.79 Å². The predicted molar refractivity (Wildman–Crippen MR) is 101 cm³/mol. The smallest absolute Gasteiger partial charge is 0.339 e. The van der Waals surface area contributed by atoms with E-state index in [4.69, 9.17) is 25.8 Å². The Morgan fingerprint density at radius 1 is 1.18 bits per heavy atom. The SMILES string of the molecule is COc1cc(C(=O)O[C@H](C)C(=O)Nc2ccccc2[N+](=O)[O-])cc(Cl)c1OC. The van der Waals surface area contributed by atoms with Crippen LogP contribution in [0.25, 0.3) is 0 Å². The molecule has 0 bridgehead atoms. The van der Waals surface area contributed by atoms with Crippen LogP contribution >= 0.6 is 11.6 Å².